The largest absolute Gasteiger partial charge is 0.492 e. The summed E-state index contributed by atoms with van der Waals surface area (Å²) in [4.78, 5) is 22.8. The van der Waals surface area contributed by atoms with Gasteiger partial charge in [-0.2, -0.15) is 0 Å². The van der Waals surface area contributed by atoms with Crippen molar-refractivity contribution in [2.24, 2.45) is 0 Å². The maximum absolute atomic E-state index is 15.3. The lowest BCUT2D eigenvalue weighted by Gasteiger charge is -2.26. The molecule has 2 aromatic rings. The lowest BCUT2D eigenvalue weighted by Crippen LogP contribution is -2.32. The summed E-state index contributed by atoms with van der Waals surface area (Å²) in [5, 5.41) is 6.56. The molecule has 2 N–H and O–H groups in total. The van der Waals surface area contributed by atoms with Gasteiger partial charge in [0.1, 0.15) is 17.9 Å². The normalized spacial score (nSPS) is 18.5. The van der Waals surface area contributed by atoms with Gasteiger partial charge in [0.05, 0.1) is 17.8 Å². The van der Waals surface area contributed by atoms with Gasteiger partial charge in [0.2, 0.25) is 11.7 Å². The monoisotopic (exact) mass is 445 g/mol. The zero-order valence-electron chi connectivity index (χ0n) is 17.7. The number of aromatic nitrogens is 2. The third-order valence-electron chi connectivity index (χ3n) is 4.42. The van der Waals surface area contributed by atoms with E-state index in [-0.39, 0.29) is 18.1 Å². The van der Waals surface area contributed by atoms with E-state index in [0.29, 0.717) is 40.5 Å². The lowest BCUT2D eigenvalue weighted by atomic mass is 10.1. The Morgan fingerprint density at radius 1 is 1.39 bits per heavy atom. The highest BCUT2D eigenvalue weighted by atomic mass is 35.5. The fourth-order valence-corrected chi connectivity index (χ4v) is 3.32. The predicted molar refractivity (Wildman–Crippen MR) is 122 cm³/mol. The molecule has 1 heterocycles. The average molecular weight is 446 g/mol. The highest BCUT2D eigenvalue weighted by molar-refractivity contribution is 6.29. The number of amides is 1. The van der Waals surface area contributed by atoms with Crippen LogP contribution in [0.2, 0.25) is 0 Å². The second-order valence-electron chi connectivity index (χ2n) is 7.31. The summed E-state index contributed by atoms with van der Waals surface area (Å²) in [5.74, 6) is -1.44. The number of alkyl halides is 1. The molecule has 31 heavy (non-hydrogen) atoms. The molecule has 1 atom stereocenters. The maximum atomic E-state index is 15.3. The number of fused-ring (bicyclic) bond motifs is 1. The van der Waals surface area contributed by atoms with E-state index in [9.17, 15) is 4.79 Å². The van der Waals surface area contributed by atoms with Crippen molar-refractivity contribution in [3.8, 4) is 5.75 Å². The molecule has 0 aliphatic heterocycles. The minimum atomic E-state index is -1.88. The van der Waals surface area contributed by atoms with Crippen molar-refractivity contribution in [2.45, 2.75) is 19.1 Å². The Morgan fingerprint density at radius 3 is 2.90 bits per heavy atom. The second kappa shape index (κ2) is 9.89. The number of allylic oxidation sites excluding steroid dienone is 2. The van der Waals surface area contributed by atoms with Gasteiger partial charge in [0.15, 0.2) is 0 Å². The van der Waals surface area contributed by atoms with E-state index in [1.807, 2.05) is 25.9 Å². The molecule has 1 amide bonds. The molecule has 0 fully saturated rings. The Bertz CT molecular complexity index is 1050. The molecule has 9 heteroatoms. The number of hydrogen-bond donors (Lipinski definition) is 2. The smallest absolute Gasteiger partial charge is 0.248 e. The summed E-state index contributed by atoms with van der Waals surface area (Å²) < 4.78 is 20.9. The average Bonchev–Trinajstić information content (AvgIpc) is 2.68. The molecular weight excluding hydrogens is 421 g/mol. The minimum Gasteiger partial charge on any atom is -0.492 e. The first-order chi connectivity index (χ1) is 14.8. The summed E-state index contributed by atoms with van der Waals surface area (Å²) >= 11 is 6.01. The molecule has 0 saturated heterocycles. The SMILES string of the molecule is CCOc1cc2ncnc(NC3(F)C=CC=C(Cl)C3)c2cc1NC(=O)/C=C/CN(C)C. The van der Waals surface area contributed by atoms with Crippen molar-refractivity contribution in [1.82, 2.24) is 14.9 Å². The van der Waals surface area contributed by atoms with Crippen molar-refractivity contribution < 1.29 is 13.9 Å². The molecule has 0 bridgehead atoms. The molecule has 164 valence electrons. The van der Waals surface area contributed by atoms with Crippen LogP contribution in [0, 0.1) is 0 Å². The number of nitrogens with zero attached hydrogens (tertiary/aromatic N) is 3. The Hall–Kier alpha value is -2.97. The van der Waals surface area contributed by atoms with Crippen LogP contribution >= 0.6 is 11.6 Å². The van der Waals surface area contributed by atoms with E-state index in [1.54, 1.807) is 30.4 Å². The highest BCUT2D eigenvalue weighted by Gasteiger charge is 2.30. The fraction of sp³-hybridized carbons (Fsp3) is 0.318. The third kappa shape index (κ3) is 6.02. The van der Waals surface area contributed by atoms with Crippen LogP contribution in [0.15, 0.2) is 53.9 Å². The number of carbonyl (C=O) groups is 1. The Balaban J connectivity index is 1.94. The zero-order valence-corrected chi connectivity index (χ0v) is 18.4. The molecular formula is C22H25ClFN5O2. The van der Waals surface area contributed by atoms with Crippen LogP contribution in [0.1, 0.15) is 13.3 Å². The second-order valence-corrected chi connectivity index (χ2v) is 7.80. The maximum Gasteiger partial charge on any atom is 0.248 e. The van der Waals surface area contributed by atoms with Gasteiger partial charge in [-0.3, -0.25) is 4.79 Å². The summed E-state index contributed by atoms with van der Waals surface area (Å²) in [5.41, 5.74) is 0.990. The first-order valence-corrected chi connectivity index (χ1v) is 10.2. The molecule has 1 unspecified atom stereocenters. The van der Waals surface area contributed by atoms with Crippen molar-refractivity contribution >= 4 is 39.9 Å². The number of nitrogens with one attached hydrogen (secondary N) is 2. The van der Waals surface area contributed by atoms with Crippen molar-refractivity contribution in [2.75, 3.05) is 37.9 Å². The van der Waals surface area contributed by atoms with Crippen LogP contribution in [0.25, 0.3) is 10.9 Å². The summed E-state index contributed by atoms with van der Waals surface area (Å²) in [6.45, 7) is 2.89. The predicted octanol–water partition coefficient (Wildman–Crippen LogP) is 4.25. The first-order valence-electron chi connectivity index (χ1n) is 9.84. The van der Waals surface area contributed by atoms with E-state index >= 15 is 4.39 Å². The Labute approximate surface area is 185 Å². The lowest BCUT2D eigenvalue weighted by molar-refractivity contribution is -0.111. The van der Waals surface area contributed by atoms with E-state index < -0.39 is 5.79 Å². The zero-order chi connectivity index (χ0) is 22.4. The molecule has 0 saturated carbocycles. The number of anilines is 2. The van der Waals surface area contributed by atoms with E-state index in [0.717, 1.165) is 0 Å². The van der Waals surface area contributed by atoms with E-state index in [1.165, 1.54) is 18.5 Å². The number of carbonyl (C=O) groups excluding carboxylic acids is 1. The molecule has 1 aliphatic rings. The molecule has 1 aliphatic carbocycles. The summed E-state index contributed by atoms with van der Waals surface area (Å²) in [7, 11) is 3.82. The third-order valence-corrected chi connectivity index (χ3v) is 4.68. The molecule has 1 aromatic carbocycles. The molecule has 0 radical (unpaired) electrons. The highest BCUT2D eigenvalue weighted by Crippen LogP contribution is 2.35. The van der Waals surface area contributed by atoms with Crippen molar-refractivity contribution in [3.63, 3.8) is 0 Å². The summed E-state index contributed by atoms with van der Waals surface area (Å²) in [6.07, 6.45) is 9.13. The quantitative estimate of drug-likeness (QED) is 0.467. The van der Waals surface area contributed by atoms with Crippen LogP contribution in [-0.2, 0) is 4.79 Å². The molecule has 1 aromatic heterocycles. The number of ether oxygens (including phenoxy) is 1. The minimum absolute atomic E-state index is 0.0200. The standard InChI is InChI=1S/C22H25ClFN5O2/c1-4-31-19-12-17-16(11-18(19)27-20(30)8-6-10-29(2)3)21(26-14-25-17)28-22(24)9-5-7-15(23)13-22/h5-9,11-12,14H,4,10,13H2,1-3H3,(H,27,30)(H,25,26,28)/b8-6+. The van der Waals surface area contributed by atoms with Crippen LogP contribution < -0.4 is 15.4 Å². The van der Waals surface area contributed by atoms with Gasteiger partial charge in [0, 0.05) is 35.5 Å². The Kier molecular flexibility index (Phi) is 7.25. The van der Waals surface area contributed by atoms with E-state index in [2.05, 4.69) is 20.6 Å². The number of rotatable bonds is 8. The Morgan fingerprint density at radius 2 is 2.19 bits per heavy atom. The van der Waals surface area contributed by atoms with Gasteiger partial charge in [-0.15, -0.1) is 0 Å². The van der Waals surface area contributed by atoms with Gasteiger partial charge < -0.3 is 20.3 Å². The van der Waals surface area contributed by atoms with Crippen molar-refractivity contribution in [1.29, 1.82) is 0 Å². The van der Waals surface area contributed by atoms with Gasteiger partial charge in [0.25, 0.3) is 0 Å². The fourth-order valence-electron chi connectivity index (χ4n) is 3.05. The molecule has 3 rings (SSSR count). The molecule has 7 nitrogen and oxygen atoms in total. The topological polar surface area (TPSA) is 79.4 Å². The number of benzene rings is 1. The number of hydrogen-bond acceptors (Lipinski definition) is 6. The van der Waals surface area contributed by atoms with Gasteiger partial charge >= 0.3 is 0 Å². The van der Waals surface area contributed by atoms with Gasteiger partial charge in [-0.25, -0.2) is 14.4 Å². The van der Waals surface area contributed by atoms with E-state index in [4.69, 9.17) is 16.3 Å². The van der Waals surface area contributed by atoms with Crippen LogP contribution in [0.4, 0.5) is 15.9 Å². The van der Waals surface area contributed by atoms with Gasteiger partial charge in [-0.1, -0.05) is 23.8 Å². The first kappa shape index (κ1) is 22.7. The number of halogens is 2. The van der Waals surface area contributed by atoms with Crippen LogP contribution in [0.5, 0.6) is 5.75 Å². The van der Waals surface area contributed by atoms with Crippen LogP contribution in [0.3, 0.4) is 0 Å². The van der Waals surface area contributed by atoms with Gasteiger partial charge in [-0.05, 0) is 39.2 Å². The summed E-state index contributed by atoms with van der Waals surface area (Å²) in [6, 6.07) is 3.37. The number of likely N-dealkylation sites (N-methyl/N-ethyl adjacent to an activating group) is 1. The van der Waals surface area contributed by atoms with Crippen molar-refractivity contribution in [3.05, 3.63) is 53.9 Å². The van der Waals surface area contributed by atoms with Crippen LogP contribution in [-0.4, -0.2) is 53.8 Å². The molecule has 0 spiro atoms.